The standard InChI is InChI=1S/C8H13NO2/c9-7(11)5-1-8(2-5)3-6(10)4-8/h5-6,10H,1-4H2,(H2,9,11). The van der Waals surface area contributed by atoms with Gasteiger partial charge >= 0.3 is 0 Å². The number of aliphatic hydroxyl groups is 1. The van der Waals surface area contributed by atoms with Crippen molar-refractivity contribution in [2.45, 2.75) is 31.8 Å². The molecule has 0 atom stereocenters. The van der Waals surface area contributed by atoms with Crippen LogP contribution in [-0.2, 0) is 4.79 Å². The van der Waals surface area contributed by atoms with Crippen LogP contribution in [0.15, 0.2) is 0 Å². The summed E-state index contributed by atoms with van der Waals surface area (Å²) in [4.78, 5) is 10.7. The van der Waals surface area contributed by atoms with Crippen LogP contribution in [0.3, 0.4) is 0 Å². The topological polar surface area (TPSA) is 63.3 Å². The van der Waals surface area contributed by atoms with Gasteiger partial charge in [0.1, 0.15) is 0 Å². The predicted octanol–water partition coefficient (Wildman–Crippen LogP) is 0.0228. The summed E-state index contributed by atoms with van der Waals surface area (Å²) in [7, 11) is 0. The Balaban J connectivity index is 1.84. The van der Waals surface area contributed by atoms with Gasteiger partial charge in [0.05, 0.1) is 6.10 Å². The fraction of sp³-hybridized carbons (Fsp3) is 0.875. The van der Waals surface area contributed by atoms with Crippen molar-refractivity contribution in [3.05, 3.63) is 0 Å². The van der Waals surface area contributed by atoms with E-state index in [9.17, 15) is 4.79 Å². The lowest BCUT2D eigenvalue weighted by Crippen LogP contribution is -2.53. The number of hydrogen-bond donors (Lipinski definition) is 2. The normalized spacial score (nSPS) is 48.1. The second kappa shape index (κ2) is 1.97. The van der Waals surface area contributed by atoms with Gasteiger partial charge < -0.3 is 10.8 Å². The Morgan fingerprint density at radius 2 is 1.91 bits per heavy atom. The number of hydrogen-bond acceptors (Lipinski definition) is 2. The molecule has 0 unspecified atom stereocenters. The van der Waals surface area contributed by atoms with Crippen molar-refractivity contribution in [2.24, 2.45) is 17.1 Å². The van der Waals surface area contributed by atoms with Gasteiger partial charge in [-0.3, -0.25) is 4.79 Å². The fourth-order valence-corrected chi connectivity index (χ4v) is 2.46. The molecule has 0 aromatic carbocycles. The molecule has 3 N–H and O–H groups in total. The highest BCUT2D eigenvalue weighted by atomic mass is 16.3. The zero-order chi connectivity index (χ0) is 8.06. The summed E-state index contributed by atoms with van der Waals surface area (Å²) in [6.45, 7) is 0. The molecule has 3 nitrogen and oxygen atoms in total. The molecule has 0 saturated heterocycles. The van der Waals surface area contributed by atoms with E-state index in [1.165, 1.54) is 0 Å². The van der Waals surface area contributed by atoms with Crippen LogP contribution >= 0.6 is 0 Å². The van der Waals surface area contributed by atoms with E-state index in [2.05, 4.69) is 0 Å². The minimum Gasteiger partial charge on any atom is -0.393 e. The molecule has 1 amide bonds. The average molecular weight is 155 g/mol. The number of rotatable bonds is 1. The monoisotopic (exact) mass is 155 g/mol. The van der Waals surface area contributed by atoms with Gasteiger partial charge in [0.25, 0.3) is 0 Å². The highest BCUT2D eigenvalue weighted by Crippen LogP contribution is 2.58. The Morgan fingerprint density at radius 3 is 2.27 bits per heavy atom. The highest BCUT2D eigenvalue weighted by Gasteiger charge is 2.53. The zero-order valence-corrected chi connectivity index (χ0v) is 6.42. The van der Waals surface area contributed by atoms with Crippen molar-refractivity contribution in [1.82, 2.24) is 0 Å². The van der Waals surface area contributed by atoms with E-state index in [0.717, 1.165) is 25.7 Å². The first-order valence-corrected chi connectivity index (χ1v) is 4.09. The van der Waals surface area contributed by atoms with Gasteiger partial charge in [-0.15, -0.1) is 0 Å². The van der Waals surface area contributed by atoms with E-state index in [1.54, 1.807) is 0 Å². The number of carbonyl (C=O) groups excluding carboxylic acids is 1. The molecule has 1 spiro atoms. The largest absolute Gasteiger partial charge is 0.393 e. The van der Waals surface area contributed by atoms with E-state index in [1.807, 2.05) is 0 Å². The Hall–Kier alpha value is -0.570. The van der Waals surface area contributed by atoms with Crippen LogP contribution in [0.25, 0.3) is 0 Å². The first-order valence-electron chi connectivity index (χ1n) is 4.09. The van der Waals surface area contributed by atoms with Crippen LogP contribution in [0.4, 0.5) is 0 Å². The molecule has 2 aliphatic rings. The van der Waals surface area contributed by atoms with Crippen LogP contribution in [0, 0.1) is 11.3 Å². The van der Waals surface area contributed by atoms with Gasteiger partial charge in [-0.05, 0) is 31.1 Å². The molecule has 2 fully saturated rings. The molecular formula is C8H13NO2. The highest BCUT2D eigenvalue weighted by molar-refractivity contribution is 5.77. The number of carbonyl (C=O) groups is 1. The maximum Gasteiger partial charge on any atom is 0.220 e. The Labute approximate surface area is 65.6 Å². The third-order valence-corrected chi connectivity index (χ3v) is 3.10. The molecule has 11 heavy (non-hydrogen) atoms. The second-order valence-electron chi connectivity index (χ2n) is 4.07. The first-order chi connectivity index (χ1) is 5.11. The molecule has 0 aromatic heterocycles. The minimum absolute atomic E-state index is 0.0995. The van der Waals surface area contributed by atoms with E-state index in [0.29, 0.717) is 5.41 Å². The van der Waals surface area contributed by atoms with Gasteiger partial charge in [0.15, 0.2) is 0 Å². The molecular weight excluding hydrogens is 142 g/mol. The molecule has 2 saturated carbocycles. The number of aliphatic hydroxyl groups excluding tert-OH is 1. The molecule has 0 radical (unpaired) electrons. The van der Waals surface area contributed by atoms with Crippen molar-refractivity contribution >= 4 is 5.91 Å². The van der Waals surface area contributed by atoms with Crippen molar-refractivity contribution in [3.8, 4) is 0 Å². The van der Waals surface area contributed by atoms with Crippen LogP contribution < -0.4 is 5.73 Å². The summed E-state index contributed by atoms with van der Waals surface area (Å²) in [6.07, 6.45) is 3.50. The summed E-state index contributed by atoms with van der Waals surface area (Å²) in [6, 6.07) is 0. The maximum atomic E-state index is 10.7. The molecule has 3 heteroatoms. The molecule has 0 aromatic rings. The number of amides is 1. The third-order valence-electron chi connectivity index (χ3n) is 3.10. The molecule has 0 heterocycles. The van der Waals surface area contributed by atoms with E-state index in [4.69, 9.17) is 10.8 Å². The van der Waals surface area contributed by atoms with Crippen LogP contribution in [0.5, 0.6) is 0 Å². The predicted molar refractivity (Wildman–Crippen MR) is 39.6 cm³/mol. The smallest absolute Gasteiger partial charge is 0.220 e. The Bertz CT molecular complexity index is 188. The van der Waals surface area contributed by atoms with Gasteiger partial charge in [0.2, 0.25) is 5.91 Å². The van der Waals surface area contributed by atoms with E-state index < -0.39 is 0 Å². The second-order valence-corrected chi connectivity index (χ2v) is 4.07. The van der Waals surface area contributed by atoms with Crippen LogP contribution in [0.1, 0.15) is 25.7 Å². The van der Waals surface area contributed by atoms with Crippen molar-refractivity contribution < 1.29 is 9.90 Å². The molecule has 0 aliphatic heterocycles. The molecule has 62 valence electrons. The average Bonchev–Trinajstić information content (AvgIpc) is 1.73. The summed E-state index contributed by atoms with van der Waals surface area (Å²) in [5, 5.41) is 9.06. The number of nitrogens with two attached hydrogens (primary N) is 1. The lowest BCUT2D eigenvalue weighted by molar-refractivity contribution is -0.145. The summed E-state index contributed by atoms with van der Waals surface area (Å²) < 4.78 is 0. The van der Waals surface area contributed by atoms with E-state index in [-0.39, 0.29) is 17.9 Å². The quantitative estimate of drug-likeness (QED) is 0.560. The van der Waals surface area contributed by atoms with Crippen molar-refractivity contribution in [3.63, 3.8) is 0 Å². The minimum atomic E-state index is -0.169. The van der Waals surface area contributed by atoms with Gasteiger partial charge in [-0.25, -0.2) is 0 Å². The van der Waals surface area contributed by atoms with Crippen molar-refractivity contribution in [1.29, 1.82) is 0 Å². The summed E-state index contributed by atoms with van der Waals surface area (Å²) >= 11 is 0. The first kappa shape index (κ1) is 7.10. The molecule has 2 rings (SSSR count). The summed E-state index contributed by atoms with van der Waals surface area (Å²) in [5.74, 6) is -0.0699. The Kier molecular flexibility index (Phi) is 1.27. The van der Waals surface area contributed by atoms with Crippen molar-refractivity contribution in [2.75, 3.05) is 0 Å². The Morgan fingerprint density at radius 1 is 1.36 bits per heavy atom. The fourth-order valence-electron chi connectivity index (χ4n) is 2.46. The summed E-state index contributed by atoms with van der Waals surface area (Å²) in [5.41, 5.74) is 5.45. The number of primary amides is 1. The van der Waals surface area contributed by atoms with Gasteiger partial charge in [0, 0.05) is 5.92 Å². The van der Waals surface area contributed by atoms with Crippen LogP contribution in [-0.4, -0.2) is 17.1 Å². The third kappa shape index (κ3) is 0.948. The molecule has 2 aliphatic carbocycles. The lowest BCUT2D eigenvalue weighted by atomic mass is 9.50. The molecule has 0 bridgehead atoms. The van der Waals surface area contributed by atoms with Gasteiger partial charge in [-0.2, -0.15) is 0 Å². The van der Waals surface area contributed by atoms with Crippen LogP contribution in [0.2, 0.25) is 0 Å². The maximum absolute atomic E-state index is 10.7. The SMILES string of the molecule is NC(=O)C1CC2(CC(O)C2)C1. The van der Waals surface area contributed by atoms with Gasteiger partial charge in [-0.1, -0.05) is 0 Å². The zero-order valence-electron chi connectivity index (χ0n) is 6.42. The van der Waals surface area contributed by atoms with E-state index >= 15 is 0 Å². The lowest BCUT2D eigenvalue weighted by Gasteiger charge is -2.55.